The first-order chi connectivity index (χ1) is 15.7. The molecule has 1 aliphatic rings. The molecule has 2 rings (SSSR count). The number of benzene rings is 1. The van der Waals surface area contributed by atoms with E-state index in [1.165, 1.54) is 11.8 Å². The van der Waals surface area contributed by atoms with E-state index in [4.69, 9.17) is 11.5 Å². The highest BCUT2D eigenvalue weighted by Crippen LogP contribution is 2.20. The van der Waals surface area contributed by atoms with E-state index >= 15 is 0 Å². The van der Waals surface area contributed by atoms with Crippen LogP contribution in [0.1, 0.15) is 44.6 Å². The maximum Gasteiger partial charge on any atom is 0.326 e. The lowest BCUT2D eigenvalue weighted by atomic mass is 10.0. The molecule has 1 aromatic carbocycles. The van der Waals surface area contributed by atoms with E-state index in [9.17, 15) is 24.3 Å². The smallest absolute Gasteiger partial charge is 0.326 e. The number of likely N-dealkylation sites (tertiary alicyclic amines) is 1. The maximum absolute atomic E-state index is 13.2. The van der Waals surface area contributed by atoms with Gasteiger partial charge in [0, 0.05) is 13.0 Å². The van der Waals surface area contributed by atoms with Crippen molar-refractivity contribution in [2.75, 3.05) is 13.1 Å². The number of hydrogen-bond acceptors (Lipinski definition) is 6. The molecule has 4 atom stereocenters. The summed E-state index contributed by atoms with van der Waals surface area (Å²) in [4.78, 5) is 51.5. The predicted octanol–water partition coefficient (Wildman–Crippen LogP) is -0.249. The summed E-state index contributed by atoms with van der Waals surface area (Å²) in [7, 11) is 0. The molecule has 7 N–H and O–H groups in total. The summed E-state index contributed by atoms with van der Waals surface area (Å²) in [6, 6.07) is 5.63. The van der Waals surface area contributed by atoms with Crippen molar-refractivity contribution in [3.8, 4) is 0 Å². The Morgan fingerprint density at radius 2 is 1.76 bits per heavy atom. The van der Waals surface area contributed by atoms with Crippen LogP contribution in [0.4, 0.5) is 0 Å². The molecule has 4 unspecified atom stereocenters. The average molecular weight is 462 g/mol. The number of nitrogens with two attached hydrogens (primary N) is 2. The van der Waals surface area contributed by atoms with Crippen LogP contribution in [0.5, 0.6) is 0 Å². The number of hydrogen-bond donors (Lipinski definition) is 5. The normalized spacial score (nSPS) is 18.3. The second-order valence-corrected chi connectivity index (χ2v) is 8.41. The summed E-state index contributed by atoms with van der Waals surface area (Å²) in [5.74, 6) is -2.49. The molecule has 1 heterocycles. The first-order valence-corrected chi connectivity index (χ1v) is 11.4. The van der Waals surface area contributed by atoms with Crippen LogP contribution in [0.25, 0.3) is 0 Å². The van der Waals surface area contributed by atoms with E-state index < -0.39 is 47.9 Å². The third-order valence-corrected chi connectivity index (χ3v) is 5.71. The van der Waals surface area contributed by atoms with Gasteiger partial charge in [-0.15, -0.1) is 0 Å². The molecule has 1 aromatic rings. The van der Waals surface area contributed by atoms with Gasteiger partial charge < -0.3 is 32.1 Å². The molecule has 0 aliphatic carbocycles. The zero-order chi connectivity index (χ0) is 24.4. The lowest BCUT2D eigenvalue weighted by Gasteiger charge is -2.29. The molecule has 10 nitrogen and oxygen atoms in total. The van der Waals surface area contributed by atoms with Crippen molar-refractivity contribution < 1.29 is 24.3 Å². The molecule has 1 aliphatic heterocycles. The number of amides is 3. The first kappa shape index (κ1) is 26.3. The number of carboxylic acids is 1. The van der Waals surface area contributed by atoms with Gasteiger partial charge in [-0.1, -0.05) is 30.3 Å². The van der Waals surface area contributed by atoms with E-state index in [0.717, 1.165) is 5.56 Å². The number of carbonyl (C=O) groups excluding carboxylic acids is 3. The molecule has 1 saturated heterocycles. The molecule has 0 saturated carbocycles. The van der Waals surface area contributed by atoms with Crippen molar-refractivity contribution in [2.45, 2.75) is 69.6 Å². The van der Waals surface area contributed by atoms with Gasteiger partial charge in [0.2, 0.25) is 17.7 Å². The van der Waals surface area contributed by atoms with Crippen molar-refractivity contribution >= 4 is 23.7 Å². The van der Waals surface area contributed by atoms with Crippen LogP contribution in [0.15, 0.2) is 30.3 Å². The van der Waals surface area contributed by atoms with E-state index in [2.05, 4.69) is 10.6 Å². The van der Waals surface area contributed by atoms with Gasteiger partial charge in [0.25, 0.3) is 0 Å². The molecule has 0 radical (unpaired) electrons. The Kier molecular flexibility index (Phi) is 10.3. The van der Waals surface area contributed by atoms with Gasteiger partial charge in [0.15, 0.2) is 0 Å². The monoisotopic (exact) mass is 461 g/mol. The lowest BCUT2D eigenvalue weighted by molar-refractivity contribution is -0.149. The van der Waals surface area contributed by atoms with Crippen LogP contribution in [-0.4, -0.2) is 71.0 Å². The second-order valence-electron chi connectivity index (χ2n) is 8.41. The van der Waals surface area contributed by atoms with Crippen molar-refractivity contribution in [1.82, 2.24) is 15.5 Å². The quantitative estimate of drug-likeness (QED) is 0.267. The fourth-order valence-corrected chi connectivity index (χ4v) is 3.87. The molecule has 1 fully saturated rings. The van der Waals surface area contributed by atoms with Crippen molar-refractivity contribution in [1.29, 1.82) is 0 Å². The minimum atomic E-state index is -1.06. The Hall–Kier alpha value is -2.98. The molecule has 0 spiro atoms. The number of carboxylic acid groups (broad SMARTS) is 1. The zero-order valence-electron chi connectivity index (χ0n) is 19.0. The van der Waals surface area contributed by atoms with Crippen LogP contribution in [0.2, 0.25) is 0 Å². The summed E-state index contributed by atoms with van der Waals surface area (Å²) >= 11 is 0. The topological polar surface area (TPSA) is 168 Å². The highest BCUT2D eigenvalue weighted by molar-refractivity contribution is 5.94. The van der Waals surface area contributed by atoms with Gasteiger partial charge >= 0.3 is 5.97 Å². The Bertz CT molecular complexity index is 817. The third-order valence-electron chi connectivity index (χ3n) is 5.71. The minimum absolute atomic E-state index is 0.219. The van der Waals surface area contributed by atoms with Crippen molar-refractivity contribution in [2.24, 2.45) is 11.5 Å². The fourth-order valence-electron chi connectivity index (χ4n) is 3.87. The van der Waals surface area contributed by atoms with E-state index in [1.54, 1.807) is 0 Å². The average Bonchev–Trinajstić information content (AvgIpc) is 3.28. The van der Waals surface area contributed by atoms with E-state index in [0.29, 0.717) is 45.2 Å². The molecule has 182 valence electrons. The summed E-state index contributed by atoms with van der Waals surface area (Å²) in [6.07, 6.45) is 2.77. The van der Waals surface area contributed by atoms with Gasteiger partial charge in [-0.05, 0) is 51.1 Å². The van der Waals surface area contributed by atoms with Crippen LogP contribution < -0.4 is 22.1 Å². The Labute approximate surface area is 194 Å². The van der Waals surface area contributed by atoms with Gasteiger partial charge in [0.05, 0.1) is 6.04 Å². The van der Waals surface area contributed by atoms with Gasteiger partial charge in [-0.25, -0.2) is 4.79 Å². The Morgan fingerprint density at radius 3 is 2.36 bits per heavy atom. The number of nitrogens with zero attached hydrogens (tertiary/aromatic N) is 1. The van der Waals surface area contributed by atoms with Gasteiger partial charge in [-0.2, -0.15) is 0 Å². The maximum atomic E-state index is 13.2. The summed E-state index contributed by atoms with van der Waals surface area (Å²) in [5.41, 5.74) is 12.1. The number of rotatable bonds is 12. The first-order valence-electron chi connectivity index (χ1n) is 11.4. The SMILES string of the molecule is CC(N)C(=O)NC(Cc1ccccc1)C(=O)NC(CCCCN)C(=O)N1CCCC1C(=O)O. The number of aliphatic carboxylic acids is 1. The lowest BCUT2D eigenvalue weighted by Crippen LogP contribution is -2.57. The predicted molar refractivity (Wildman–Crippen MR) is 123 cm³/mol. The Balaban J connectivity index is 2.20. The third kappa shape index (κ3) is 7.83. The zero-order valence-corrected chi connectivity index (χ0v) is 19.0. The highest BCUT2D eigenvalue weighted by Gasteiger charge is 2.38. The van der Waals surface area contributed by atoms with Crippen molar-refractivity contribution in [3.63, 3.8) is 0 Å². The summed E-state index contributed by atoms with van der Waals surface area (Å²) in [5, 5.41) is 14.9. The molecule has 10 heteroatoms. The molecule has 3 amide bonds. The van der Waals surface area contributed by atoms with Gasteiger partial charge in [-0.3, -0.25) is 14.4 Å². The Morgan fingerprint density at radius 1 is 1.09 bits per heavy atom. The van der Waals surface area contributed by atoms with E-state index in [-0.39, 0.29) is 6.42 Å². The fraction of sp³-hybridized carbons (Fsp3) is 0.565. The second kappa shape index (κ2) is 12.9. The molecular weight excluding hydrogens is 426 g/mol. The van der Waals surface area contributed by atoms with Gasteiger partial charge in [0.1, 0.15) is 18.1 Å². The molecule has 0 bridgehead atoms. The molecular formula is C23H35N5O5. The minimum Gasteiger partial charge on any atom is -0.480 e. The van der Waals surface area contributed by atoms with E-state index in [1.807, 2.05) is 30.3 Å². The number of nitrogens with one attached hydrogen (secondary N) is 2. The standard InChI is InChI=1S/C23H35N5O5/c1-15(25)20(29)27-18(14-16-8-3-2-4-9-16)21(30)26-17(10-5-6-12-24)22(31)28-13-7-11-19(28)23(32)33/h2-4,8-9,15,17-19H,5-7,10-14,24-25H2,1H3,(H,26,30)(H,27,29)(H,32,33). The molecule has 33 heavy (non-hydrogen) atoms. The number of carbonyl (C=O) groups is 4. The number of unbranched alkanes of at least 4 members (excludes halogenated alkanes) is 1. The summed E-state index contributed by atoms with van der Waals surface area (Å²) in [6.45, 7) is 2.29. The summed E-state index contributed by atoms with van der Waals surface area (Å²) < 4.78 is 0. The van der Waals surface area contributed by atoms with Crippen LogP contribution in [0, 0.1) is 0 Å². The largest absolute Gasteiger partial charge is 0.480 e. The van der Waals surface area contributed by atoms with Crippen molar-refractivity contribution in [3.05, 3.63) is 35.9 Å². The van der Waals surface area contributed by atoms with Crippen LogP contribution >= 0.6 is 0 Å². The van der Waals surface area contributed by atoms with Crippen LogP contribution in [-0.2, 0) is 25.6 Å². The highest BCUT2D eigenvalue weighted by atomic mass is 16.4. The van der Waals surface area contributed by atoms with Crippen LogP contribution in [0.3, 0.4) is 0 Å². The molecule has 0 aromatic heterocycles.